The third kappa shape index (κ3) is 4.62. The summed E-state index contributed by atoms with van der Waals surface area (Å²) in [6.07, 6.45) is 0. The van der Waals surface area contributed by atoms with E-state index in [4.69, 9.17) is 4.42 Å². The van der Waals surface area contributed by atoms with E-state index in [1.54, 1.807) is 0 Å². The maximum Gasteiger partial charge on any atom is 0.143 e. The van der Waals surface area contributed by atoms with Crippen LogP contribution in [0.2, 0.25) is 0 Å². The molecule has 1 aliphatic rings. The molecule has 11 aromatic rings. The number of benzene rings is 10. The maximum atomic E-state index is 7.06. The van der Waals surface area contributed by atoms with E-state index in [0.29, 0.717) is 0 Å². The summed E-state index contributed by atoms with van der Waals surface area (Å²) in [6, 6.07) is 70.0. The normalized spacial score (nSPS) is 13.1. The minimum Gasteiger partial charge on any atom is -0.455 e. The Labute approximate surface area is 337 Å². The molecule has 0 unspecified atom stereocenters. The highest BCUT2D eigenvalue weighted by molar-refractivity contribution is 6.39. The van der Waals surface area contributed by atoms with Crippen LogP contribution in [0, 0.1) is 0 Å². The third-order valence-electron chi connectivity index (χ3n) is 12.5. The summed E-state index contributed by atoms with van der Waals surface area (Å²) in [5.74, 6) is 0. The van der Waals surface area contributed by atoms with Crippen LogP contribution in [-0.2, 0) is 5.41 Å². The van der Waals surface area contributed by atoms with Crippen LogP contribution < -0.4 is 9.80 Å². The summed E-state index contributed by atoms with van der Waals surface area (Å²) in [5.41, 5.74) is 13.6. The summed E-state index contributed by atoms with van der Waals surface area (Å²) in [7, 11) is 0. The Kier molecular flexibility index (Phi) is 6.98. The molecule has 12 rings (SSSR count). The van der Waals surface area contributed by atoms with Crippen LogP contribution in [-0.4, -0.2) is 0 Å². The van der Waals surface area contributed by atoms with Crippen LogP contribution in [0.5, 0.6) is 0 Å². The van der Waals surface area contributed by atoms with Crippen LogP contribution in [0.4, 0.5) is 34.1 Å². The smallest absolute Gasteiger partial charge is 0.143 e. The van der Waals surface area contributed by atoms with Crippen molar-refractivity contribution in [3.63, 3.8) is 0 Å². The maximum absolute atomic E-state index is 7.06. The van der Waals surface area contributed by atoms with Gasteiger partial charge in [0.05, 0.1) is 0 Å². The predicted molar refractivity (Wildman–Crippen MR) is 244 cm³/mol. The standard InChI is InChI=1S/C55H38N2O/c1-55(2)47-33-39(56(35-17-7-3-8-18-35)36-19-9-4-10-20-36)29-31-41(47)51-43-25-16-28-46-50(43)49-44(26-15-27-45(49)53(51)55)52-42-32-30-40(34-48(42)58-54(46)52)57(37-21-11-5-12-22-37)38-23-13-6-14-24-38/h3-34H,1-2H3. The van der Waals surface area contributed by atoms with Crippen molar-refractivity contribution < 1.29 is 4.42 Å². The molecule has 0 spiro atoms. The van der Waals surface area contributed by atoms with E-state index < -0.39 is 0 Å². The Morgan fingerprint density at radius 1 is 0.379 bits per heavy atom. The molecule has 0 atom stereocenters. The van der Waals surface area contributed by atoms with E-state index in [-0.39, 0.29) is 5.41 Å². The van der Waals surface area contributed by atoms with E-state index >= 15 is 0 Å². The van der Waals surface area contributed by atoms with Crippen LogP contribution in [0.15, 0.2) is 199 Å². The first-order valence-electron chi connectivity index (χ1n) is 20.1. The molecule has 0 radical (unpaired) electrons. The molecule has 274 valence electrons. The highest BCUT2D eigenvalue weighted by Crippen LogP contribution is 2.58. The topological polar surface area (TPSA) is 19.6 Å². The zero-order valence-corrected chi connectivity index (χ0v) is 32.3. The van der Waals surface area contributed by atoms with Crippen molar-refractivity contribution in [1.82, 2.24) is 0 Å². The lowest BCUT2D eigenvalue weighted by atomic mass is 9.77. The second-order valence-electron chi connectivity index (χ2n) is 16.1. The second kappa shape index (κ2) is 12.3. The van der Waals surface area contributed by atoms with Crippen LogP contribution in [0.3, 0.4) is 0 Å². The van der Waals surface area contributed by atoms with Crippen molar-refractivity contribution in [1.29, 1.82) is 0 Å². The molecule has 0 fully saturated rings. The molecule has 0 N–H and O–H groups in total. The van der Waals surface area contributed by atoms with Crippen molar-refractivity contribution in [3.8, 4) is 11.1 Å². The van der Waals surface area contributed by atoms with Gasteiger partial charge in [-0.1, -0.05) is 129 Å². The molecule has 1 heterocycles. The van der Waals surface area contributed by atoms with Gasteiger partial charge in [0, 0.05) is 67.2 Å². The van der Waals surface area contributed by atoms with E-state index in [1.165, 1.54) is 54.6 Å². The lowest BCUT2D eigenvalue weighted by Gasteiger charge is -2.28. The molecule has 1 aromatic heterocycles. The molecule has 3 nitrogen and oxygen atoms in total. The molecule has 3 heteroatoms. The molecule has 58 heavy (non-hydrogen) atoms. The number of furan rings is 1. The number of hydrogen-bond donors (Lipinski definition) is 0. The SMILES string of the molecule is CC1(C)c2cc(N(c3ccccc3)c3ccccc3)ccc2-c2c1c1cccc3c4c5ccc(N(c6ccccc6)c6ccccc6)cc5oc4c4cccc2c4c13. The summed E-state index contributed by atoms with van der Waals surface area (Å²) in [4.78, 5) is 4.67. The zero-order valence-electron chi connectivity index (χ0n) is 32.3. The van der Waals surface area contributed by atoms with Crippen molar-refractivity contribution in [3.05, 3.63) is 205 Å². The highest BCUT2D eigenvalue weighted by Gasteiger charge is 2.40. The average Bonchev–Trinajstić information content (AvgIpc) is 3.77. The van der Waals surface area contributed by atoms with Gasteiger partial charge in [0.15, 0.2) is 0 Å². The Morgan fingerprint density at radius 3 is 1.45 bits per heavy atom. The number of hydrogen-bond acceptors (Lipinski definition) is 3. The fourth-order valence-corrected chi connectivity index (χ4v) is 10.1. The van der Waals surface area contributed by atoms with Crippen LogP contribution in [0.25, 0.3) is 65.4 Å². The monoisotopic (exact) mass is 742 g/mol. The average molecular weight is 743 g/mol. The van der Waals surface area contributed by atoms with Gasteiger partial charge >= 0.3 is 0 Å². The first-order valence-corrected chi connectivity index (χ1v) is 20.1. The van der Waals surface area contributed by atoms with Crippen molar-refractivity contribution >= 4 is 88.4 Å². The molecule has 0 bridgehead atoms. The molecule has 0 aliphatic heterocycles. The minimum atomic E-state index is -0.255. The predicted octanol–water partition coefficient (Wildman–Crippen LogP) is 15.7. The molecule has 0 amide bonds. The fraction of sp³-hybridized carbons (Fsp3) is 0.0545. The van der Waals surface area contributed by atoms with Gasteiger partial charge in [-0.2, -0.15) is 0 Å². The Morgan fingerprint density at radius 2 is 0.862 bits per heavy atom. The first kappa shape index (κ1) is 32.8. The quantitative estimate of drug-likeness (QED) is 0.158. The summed E-state index contributed by atoms with van der Waals surface area (Å²) >= 11 is 0. The van der Waals surface area contributed by atoms with Gasteiger partial charge < -0.3 is 14.2 Å². The van der Waals surface area contributed by atoms with Gasteiger partial charge in [-0.15, -0.1) is 0 Å². The molecule has 0 saturated carbocycles. The Balaban J connectivity index is 1.10. The van der Waals surface area contributed by atoms with E-state index in [9.17, 15) is 0 Å². The van der Waals surface area contributed by atoms with Crippen LogP contribution >= 0.6 is 0 Å². The lowest BCUT2D eigenvalue weighted by Crippen LogP contribution is -2.17. The minimum absolute atomic E-state index is 0.255. The van der Waals surface area contributed by atoms with Gasteiger partial charge in [0.1, 0.15) is 11.2 Å². The highest BCUT2D eigenvalue weighted by atomic mass is 16.3. The van der Waals surface area contributed by atoms with Gasteiger partial charge in [-0.05, 0) is 117 Å². The summed E-state index contributed by atoms with van der Waals surface area (Å²) < 4.78 is 7.06. The first-order chi connectivity index (χ1) is 28.6. The van der Waals surface area contributed by atoms with Gasteiger partial charge in [0.25, 0.3) is 0 Å². The molecule has 0 saturated heterocycles. The number of nitrogens with zero attached hydrogens (tertiary/aromatic N) is 2. The van der Waals surface area contributed by atoms with E-state index in [0.717, 1.165) is 56.1 Å². The number of anilines is 6. The second-order valence-corrected chi connectivity index (χ2v) is 16.1. The number of fused-ring (bicyclic) bond motifs is 10. The van der Waals surface area contributed by atoms with Crippen LogP contribution in [0.1, 0.15) is 25.0 Å². The Hall–Kier alpha value is -7.36. The fourth-order valence-electron chi connectivity index (χ4n) is 10.1. The number of rotatable bonds is 6. The van der Waals surface area contributed by atoms with Gasteiger partial charge in [0.2, 0.25) is 0 Å². The van der Waals surface area contributed by atoms with Crippen molar-refractivity contribution in [2.75, 3.05) is 9.80 Å². The lowest BCUT2D eigenvalue weighted by molar-refractivity contribution is 0.666. The Bertz CT molecular complexity index is 3270. The van der Waals surface area contributed by atoms with E-state index in [1.807, 2.05) is 0 Å². The van der Waals surface area contributed by atoms with Gasteiger partial charge in [-0.3, -0.25) is 0 Å². The van der Waals surface area contributed by atoms with Gasteiger partial charge in [-0.25, -0.2) is 0 Å². The molecular formula is C55H38N2O. The number of para-hydroxylation sites is 4. The van der Waals surface area contributed by atoms with Crippen molar-refractivity contribution in [2.24, 2.45) is 0 Å². The molecular weight excluding hydrogens is 705 g/mol. The van der Waals surface area contributed by atoms with Crippen molar-refractivity contribution in [2.45, 2.75) is 19.3 Å². The zero-order chi connectivity index (χ0) is 38.5. The third-order valence-corrected chi connectivity index (χ3v) is 12.5. The molecule has 10 aromatic carbocycles. The summed E-state index contributed by atoms with van der Waals surface area (Å²) in [6.45, 7) is 4.83. The summed E-state index contributed by atoms with van der Waals surface area (Å²) in [5, 5.41) is 9.88. The largest absolute Gasteiger partial charge is 0.455 e. The molecule has 1 aliphatic carbocycles. The van der Waals surface area contributed by atoms with E-state index in [2.05, 4.69) is 218 Å².